The number of benzene rings is 2. The van der Waals surface area contributed by atoms with E-state index >= 15 is 0 Å². The summed E-state index contributed by atoms with van der Waals surface area (Å²) in [6.07, 6.45) is 0.973. The van der Waals surface area contributed by atoms with Crippen LogP contribution in [0.1, 0.15) is 6.92 Å². The summed E-state index contributed by atoms with van der Waals surface area (Å²) in [5.74, 6) is -0.615. The van der Waals surface area contributed by atoms with E-state index in [9.17, 15) is 13.2 Å². The molecule has 1 amide bonds. The van der Waals surface area contributed by atoms with E-state index in [4.69, 9.17) is 46.4 Å². The monoisotopic (exact) mass is 454 g/mol. The van der Waals surface area contributed by atoms with E-state index in [1.165, 1.54) is 37.3 Å². The SMILES string of the molecule is C[C@H](C(=O)Nc1cc(Cl)ccc1Cl)N(c1cc(Cl)ccc1Cl)S(C)(=O)=O. The van der Waals surface area contributed by atoms with Crippen LogP contribution in [0.15, 0.2) is 36.4 Å². The summed E-state index contributed by atoms with van der Waals surface area (Å²) >= 11 is 24.0. The van der Waals surface area contributed by atoms with Crippen molar-refractivity contribution < 1.29 is 13.2 Å². The molecule has 5 nitrogen and oxygen atoms in total. The van der Waals surface area contributed by atoms with Gasteiger partial charge in [-0.1, -0.05) is 46.4 Å². The Hall–Kier alpha value is -1.18. The normalized spacial score (nSPS) is 12.5. The third kappa shape index (κ3) is 4.96. The molecule has 2 rings (SSSR count). The molecule has 0 aliphatic heterocycles. The van der Waals surface area contributed by atoms with Gasteiger partial charge in [0.15, 0.2) is 0 Å². The number of nitrogens with zero attached hydrogens (tertiary/aromatic N) is 1. The Morgan fingerprint density at radius 3 is 2.12 bits per heavy atom. The third-order valence-electron chi connectivity index (χ3n) is 3.42. The van der Waals surface area contributed by atoms with Gasteiger partial charge in [0.05, 0.1) is 27.7 Å². The van der Waals surface area contributed by atoms with Crippen molar-refractivity contribution in [2.75, 3.05) is 15.9 Å². The second-order valence-electron chi connectivity index (χ2n) is 5.44. The van der Waals surface area contributed by atoms with Crippen molar-refractivity contribution >= 4 is 73.7 Å². The summed E-state index contributed by atoms with van der Waals surface area (Å²) in [7, 11) is -3.84. The largest absolute Gasteiger partial charge is 0.323 e. The topological polar surface area (TPSA) is 66.5 Å². The second-order valence-corrected chi connectivity index (χ2v) is 8.99. The highest BCUT2D eigenvalue weighted by Crippen LogP contribution is 2.33. The highest BCUT2D eigenvalue weighted by molar-refractivity contribution is 7.92. The van der Waals surface area contributed by atoms with Gasteiger partial charge in [0.1, 0.15) is 6.04 Å². The average molecular weight is 456 g/mol. The number of hydrogen-bond donors (Lipinski definition) is 1. The van der Waals surface area contributed by atoms with E-state index in [1.807, 2.05) is 0 Å². The van der Waals surface area contributed by atoms with Gasteiger partial charge >= 0.3 is 0 Å². The molecule has 1 N–H and O–H groups in total. The molecule has 0 saturated carbocycles. The minimum absolute atomic E-state index is 0.0986. The number of sulfonamides is 1. The van der Waals surface area contributed by atoms with Crippen LogP contribution in [0.5, 0.6) is 0 Å². The van der Waals surface area contributed by atoms with Gasteiger partial charge in [0.2, 0.25) is 15.9 Å². The Morgan fingerprint density at radius 2 is 1.54 bits per heavy atom. The zero-order valence-electron chi connectivity index (χ0n) is 13.6. The molecule has 0 aromatic heterocycles. The molecular weight excluding hydrogens is 442 g/mol. The second kappa shape index (κ2) is 8.23. The summed E-state index contributed by atoms with van der Waals surface area (Å²) < 4.78 is 25.5. The summed E-state index contributed by atoms with van der Waals surface area (Å²) in [5.41, 5.74) is 0.364. The van der Waals surface area contributed by atoms with Crippen molar-refractivity contribution in [1.29, 1.82) is 0 Å². The number of carbonyl (C=O) groups excluding carboxylic acids is 1. The van der Waals surface area contributed by atoms with Crippen molar-refractivity contribution in [3.05, 3.63) is 56.5 Å². The Bertz CT molecular complexity index is 951. The number of rotatable bonds is 5. The average Bonchev–Trinajstić information content (AvgIpc) is 2.53. The van der Waals surface area contributed by atoms with Crippen LogP contribution in [0, 0.1) is 0 Å². The van der Waals surface area contributed by atoms with E-state index < -0.39 is 22.0 Å². The van der Waals surface area contributed by atoms with Gasteiger partial charge in [-0.3, -0.25) is 9.10 Å². The number of amides is 1. The van der Waals surface area contributed by atoms with Crippen molar-refractivity contribution in [3.8, 4) is 0 Å². The number of halogens is 4. The number of anilines is 2. The number of nitrogens with one attached hydrogen (secondary N) is 1. The molecule has 0 aliphatic carbocycles. The number of hydrogen-bond acceptors (Lipinski definition) is 3. The van der Waals surface area contributed by atoms with E-state index in [0.29, 0.717) is 5.02 Å². The predicted octanol–water partition coefficient (Wildman–Crippen LogP) is 5.09. The minimum atomic E-state index is -3.84. The van der Waals surface area contributed by atoms with Crippen LogP contribution in [-0.2, 0) is 14.8 Å². The Kier molecular flexibility index (Phi) is 6.69. The van der Waals surface area contributed by atoms with Crippen LogP contribution in [0.3, 0.4) is 0 Å². The van der Waals surface area contributed by atoms with Gasteiger partial charge < -0.3 is 5.32 Å². The summed E-state index contributed by atoms with van der Waals surface area (Å²) in [6, 6.07) is 7.77. The van der Waals surface area contributed by atoms with Crippen LogP contribution in [-0.4, -0.2) is 26.6 Å². The molecule has 0 unspecified atom stereocenters. The van der Waals surface area contributed by atoms with Crippen LogP contribution in [0.2, 0.25) is 20.1 Å². The molecule has 0 heterocycles. The van der Waals surface area contributed by atoms with Crippen molar-refractivity contribution in [2.45, 2.75) is 13.0 Å². The standard InChI is InChI=1S/C16H14Cl4N2O3S/c1-9(16(23)21-14-7-10(17)3-5-12(14)19)22(26(2,24)25)15-8-11(18)4-6-13(15)20/h3-9H,1-2H3,(H,21,23)/t9-/m1/s1. The van der Waals surface area contributed by atoms with Crippen LogP contribution in [0.4, 0.5) is 11.4 Å². The molecule has 0 saturated heterocycles. The van der Waals surface area contributed by atoms with Crippen molar-refractivity contribution in [3.63, 3.8) is 0 Å². The van der Waals surface area contributed by atoms with Crippen molar-refractivity contribution in [2.24, 2.45) is 0 Å². The summed E-state index contributed by atoms with van der Waals surface area (Å²) in [4.78, 5) is 12.6. The van der Waals surface area contributed by atoms with Gasteiger partial charge in [-0.05, 0) is 43.3 Å². The van der Waals surface area contributed by atoms with Gasteiger partial charge in [0, 0.05) is 10.0 Å². The van der Waals surface area contributed by atoms with Gasteiger partial charge in [0.25, 0.3) is 0 Å². The molecule has 2 aromatic rings. The van der Waals surface area contributed by atoms with Crippen LogP contribution >= 0.6 is 46.4 Å². The first-order chi connectivity index (χ1) is 12.0. The van der Waals surface area contributed by atoms with Gasteiger partial charge in [-0.2, -0.15) is 0 Å². The molecule has 0 spiro atoms. The fourth-order valence-electron chi connectivity index (χ4n) is 2.27. The fourth-order valence-corrected chi connectivity index (χ4v) is 4.21. The quantitative estimate of drug-likeness (QED) is 0.682. The summed E-state index contributed by atoms with van der Waals surface area (Å²) in [5, 5.41) is 3.63. The maximum Gasteiger partial charge on any atom is 0.248 e. The molecule has 0 bridgehead atoms. The summed E-state index contributed by atoms with van der Waals surface area (Å²) in [6.45, 7) is 1.42. The lowest BCUT2D eigenvalue weighted by molar-refractivity contribution is -0.116. The van der Waals surface area contributed by atoms with E-state index in [2.05, 4.69) is 5.32 Å². The lowest BCUT2D eigenvalue weighted by Gasteiger charge is -2.29. The van der Waals surface area contributed by atoms with E-state index in [1.54, 1.807) is 6.07 Å². The highest BCUT2D eigenvalue weighted by Gasteiger charge is 2.31. The molecule has 0 aliphatic rings. The van der Waals surface area contributed by atoms with Gasteiger partial charge in [-0.15, -0.1) is 0 Å². The molecule has 0 fully saturated rings. The van der Waals surface area contributed by atoms with E-state index in [-0.39, 0.29) is 26.4 Å². The Morgan fingerprint density at radius 1 is 1.00 bits per heavy atom. The lowest BCUT2D eigenvalue weighted by atomic mass is 10.2. The third-order valence-corrected chi connectivity index (χ3v) is 5.77. The smallest absolute Gasteiger partial charge is 0.248 e. The highest BCUT2D eigenvalue weighted by atomic mass is 35.5. The van der Waals surface area contributed by atoms with E-state index in [0.717, 1.165) is 10.6 Å². The molecule has 2 aromatic carbocycles. The van der Waals surface area contributed by atoms with Crippen LogP contribution < -0.4 is 9.62 Å². The van der Waals surface area contributed by atoms with Gasteiger partial charge in [-0.25, -0.2) is 8.42 Å². The first-order valence-corrected chi connectivity index (χ1v) is 10.6. The maximum absolute atomic E-state index is 12.6. The Labute approximate surface area is 171 Å². The lowest BCUT2D eigenvalue weighted by Crippen LogP contribution is -2.45. The molecule has 0 radical (unpaired) electrons. The molecular formula is C16H14Cl4N2O3S. The predicted molar refractivity (Wildman–Crippen MR) is 108 cm³/mol. The zero-order valence-corrected chi connectivity index (χ0v) is 17.5. The Balaban J connectivity index is 2.41. The minimum Gasteiger partial charge on any atom is -0.323 e. The number of carbonyl (C=O) groups is 1. The molecule has 140 valence electrons. The first-order valence-electron chi connectivity index (χ1n) is 7.21. The molecule has 10 heteroatoms. The maximum atomic E-state index is 12.6. The first kappa shape index (κ1) is 21.1. The van der Waals surface area contributed by atoms with Crippen LogP contribution in [0.25, 0.3) is 0 Å². The van der Waals surface area contributed by atoms with Crippen molar-refractivity contribution in [1.82, 2.24) is 0 Å². The molecule has 26 heavy (non-hydrogen) atoms. The molecule has 1 atom stereocenters. The zero-order chi connectivity index (χ0) is 19.6. The fraction of sp³-hybridized carbons (Fsp3) is 0.188.